The summed E-state index contributed by atoms with van der Waals surface area (Å²) in [5.41, 5.74) is 0.662. The van der Waals surface area contributed by atoms with Crippen LogP contribution < -0.4 is 5.32 Å². The molecule has 1 N–H and O–H groups in total. The Kier molecular flexibility index (Phi) is 5.49. The van der Waals surface area contributed by atoms with Gasteiger partial charge in [0, 0.05) is 18.7 Å². The lowest BCUT2D eigenvalue weighted by Crippen LogP contribution is -2.41. The number of nitro benzene ring substituents is 1. The van der Waals surface area contributed by atoms with Crippen LogP contribution in [0.2, 0.25) is 0 Å². The van der Waals surface area contributed by atoms with Crippen molar-refractivity contribution in [1.29, 1.82) is 0 Å². The fourth-order valence-corrected chi connectivity index (χ4v) is 2.93. The monoisotopic (exact) mass is 305 g/mol. The summed E-state index contributed by atoms with van der Waals surface area (Å²) in [6.45, 7) is 7.00. The van der Waals surface area contributed by atoms with E-state index in [1.807, 2.05) is 0 Å². The van der Waals surface area contributed by atoms with Gasteiger partial charge in [-0.15, -0.1) is 0 Å². The number of carbonyl (C=O) groups is 1. The highest BCUT2D eigenvalue weighted by atomic mass is 16.6. The average Bonchev–Trinajstić information content (AvgIpc) is 2.52. The lowest BCUT2D eigenvalue weighted by atomic mass is 9.96. The Morgan fingerprint density at radius 3 is 2.68 bits per heavy atom. The lowest BCUT2D eigenvalue weighted by Gasteiger charge is -2.32. The maximum absolute atomic E-state index is 12.6. The molecule has 1 aromatic rings. The van der Waals surface area contributed by atoms with Crippen molar-refractivity contribution in [2.24, 2.45) is 5.92 Å². The first-order chi connectivity index (χ1) is 10.5. The summed E-state index contributed by atoms with van der Waals surface area (Å²) in [6, 6.07) is 4.92. The molecule has 1 heterocycles. The number of para-hydroxylation sites is 1. The molecule has 6 heteroatoms. The number of hydrogen-bond acceptors (Lipinski definition) is 4. The Morgan fingerprint density at radius 1 is 1.41 bits per heavy atom. The van der Waals surface area contributed by atoms with Crippen LogP contribution in [-0.2, 0) is 0 Å². The van der Waals surface area contributed by atoms with Crippen LogP contribution >= 0.6 is 0 Å². The summed E-state index contributed by atoms with van der Waals surface area (Å²) in [6.07, 6.45) is 1.89. The van der Waals surface area contributed by atoms with Crippen LogP contribution in [0.5, 0.6) is 0 Å². The molecule has 0 aromatic heterocycles. The highest BCUT2D eigenvalue weighted by molar-refractivity contribution is 5.98. The predicted octanol–water partition coefficient (Wildman–Crippen LogP) is 2.36. The van der Waals surface area contributed by atoms with Crippen LogP contribution in [-0.4, -0.2) is 41.9 Å². The first kappa shape index (κ1) is 16.4. The molecule has 1 aromatic carbocycles. The second kappa shape index (κ2) is 7.35. The highest BCUT2D eigenvalue weighted by Gasteiger charge is 2.29. The van der Waals surface area contributed by atoms with Crippen molar-refractivity contribution >= 4 is 11.6 Å². The number of nitrogens with one attached hydrogen (secondary N) is 1. The van der Waals surface area contributed by atoms with Crippen molar-refractivity contribution in [1.82, 2.24) is 10.2 Å². The van der Waals surface area contributed by atoms with Gasteiger partial charge in [-0.2, -0.15) is 0 Å². The largest absolute Gasteiger partial charge is 0.338 e. The molecule has 1 fully saturated rings. The molecular weight excluding hydrogens is 282 g/mol. The molecule has 0 spiro atoms. The minimum absolute atomic E-state index is 0.0673. The van der Waals surface area contributed by atoms with Gasteiger partial charge in [-0.1, -0.05) is 19.1 Å². The van der Waals surface area contributed by atoms with Crippen molar-refractivity contribution in [2.45, 2.75) is 26.7 Å². The van der Waals surface area contributed by atoms with Crippen LogP contribution in [0.3, 0.4) is 0 Å². The smallest absolute Gasteiger partial charge is 0.285 e. The third-order valence-corrected chi connectivity index (χ3v) is 4.24. The van der Waals surface area contributed by atoms with Gasteiger partial charge >= 0.3 is 0 Å². The Bertz CT molecular complexity index is 552. The number of hydrogen-bond donors (Lipinski definition) is 1. The van der Waals surface area contributed by atoms with E-state index in [-0.39, 0.29) is 17.2 Å². The van der Waals surface area contributed by atoms with Crippen LogP contribution in [0.1, 0.15) is 35.7 Å². The maximum atomic E-state index is 12.6. The van der Waals surface area contributed by atoms with Crippen molar-refractivity contribution < 1.29 is 9.72 Å². The molecule has 0 radical (unpaired) electrons. The molecule has 0 aliphatic carbocycles. The Balaban J connectivity index is 2.08. The Hall–Kier alpha value is -1.95. The zero-order valence-corrected chi connectivity index (χ0v) is 13.2. The molecule has 120 valence electrons. The normalized spacial score (nSPS) is 15.8. The summed E-state index contributed by atoms with van der Waals surface area (Å²) < 4.78 is 0. The average molecular weight is 305 g/mol. The SMILES string of the molecule is CCNCC1CCN(C(=O)c2cccc(C)c2[N+](=O)[O-])CC1. The predicted molar refractivity (Wildman–Crippen MR) is 85.0 cm³/mol. The number of carbonyl (C=O) groups excluding carboxylic acids is 1. The van der Waals surface area contributed by atoms with E-state index in [9.17, 15) is 14.9 Å². The van der Waals surface area contributed by atoms with E-state index >= 15 is 0 Å². The van der Waals surface area contributed by atoms with E-state index in [1.54, 1.807) is 30.0 Å². The quantitative estimate of drug-likeness (QED) is 0.669. The number of nitrogens with zero attached hydrogens (tertiary/aromatic N) is 2. The van der Waals surface area contributed by atoms with E-state index in [0.717, 1.165) is 25.9 Å². The first-order valence-electron chi connectivity index (χ1n) is 7.78. The minimum Gasteiger partial charge on any atom is -0.338 e. The second-order valence-corrected chi connectivity index (χ2v) is 5.77. The standard InChI is InChI=1S/C16H23N3O3/c1-3-17-11-13-7-9-18(10-8-13)16(20)14-6-4-5-12(2)15(14)19(21)22/h4-6,13,17H,3,7-11H2,1-2H3. The topological polar surface area (TPSA) is 75.5 Å². The number of benzene rings is 1. The van der Waals surface area contributed by atoms with Crippen LogP contribution in [0, 0.1) is 23.0 Å². The number of piperidine rings is 1. The minimum atomic E-state index is -0.458. The summed E-state index contributed by atoms with van der Waals surface area (Å²) >= 11 is 0. The molecule has 0 saturated carbocycles. The van der Waals surface area contributed by atoms with Gasteiger partial charge in [-0.25, -0.2) is 0 Å². The van der Waals surface area contributed by atoms with E-state index < -0.39 is 4.92 Å². The van der Waals surface area contributed by atoms with E-state index in [1.165, 1.54) is 0 Å². The zero-order valence-electron chi connectivity index (χ0n) is 13.2. The molecule has 0 unspecified atom stereocenters. The van der Waals surface area contributed by atoms with Gasteiger partial charge in [0.2, 0.25) is 0 Å². The van der Waals surface area contributed by atoms with Crippen LogP contribution in [0.4, 0.5) is 5.69 Å². The third kappa shape index (κ3) is 3.62. The third-order valence-electron chi connectivity index (χ3n) is 4.24. The Labute approximate surface area is 130 Å². The van der Waals surface area contributed by atoms with E-state index in [4.69, 9.17) is 0 Å². The van der Waals surface area contributed by atoms with Crippen LogP contribution in [0.25, 0.3) is 0 Å². The fourth-order valence-electron chi connectivity index (χ4n) is 2.93. The number of rotatable bonds is 5. The van der Waals surface area contributed by atoms with Gasteiger partial charge in [-0.3, -0.25) is 14.9 Å². The molecule has 1 aliphatic heterocycles. The van der Waals surface area contributed by atoms with Crippen molar-refractivity contribution in [2.75, 3.05) is 26.2 Å². The number of likely N-dealkylation sites (tertiary alicyclic amines) is 1. The van der Waals surface area contributed by atoms with E-state index in [2.05, 4.69) is 12.2 Å². The molecular formula is C16H23N3O3. The lowest BCUT2D eigenvalue weighted by molar-refractivity contribution is -0.385. The molecule has 2 rings (SSSR count). The Morgan fingerprint density at radius 2 is 2.09 bits per heavy atom. The molecule has 1 aliphatic rings. The van der Waals surface area contributed by atoms with Crippen LogP contribution in [0.15, 0.2) is 18.2 Å². The molecule has 0 atom stereocenters. The second-order valence-electron chi connectivity index (χ2n) is 5.77. The highest BCUT2D eigenvalue weighted by Crippen LogP contribution is 2.26. The first-order valence-corrected chi connectivity index (χ1v) is 7.78. The number of aryl methyl sites for hydroxylation is 1. The van der Waals surface area contributed by atoms with Gasteiger partial charge < -0.3 is 10.2 Å². The van der Waals surface area contributed by atoms with Gasteiger partial charge in [0.25, 0.3) is 11.6 Å². The molecule has 6 nitrogen and oxygen atoms in total. The van der Waals surface area contributed by atoms with Gasteiger partial charge in [0.15, 0.2) is 0 Å². The summed E-state index contributed by atoms with van der Waals surface area (Å²) in [7, 11) is 0. The van der Waals surface area contributed by atoms with Crippen molar-refractivity contribution in [3.05, 3.63) is 39.4 Å². The maximum Gasteiger partial charge on any atom is 0.285 e. The zero-order chi connectivity index (χ0) is 16.1. The number of amides is 1. The van der Waals surface area contributed by atoms with Gasteiger partial charge in [0.05, 0.1) is 4.92 Å². The van der Waals surface area contributed by atoms with E-state index in [0.29, 0.717) is 24.6 Å². The molecule has 0 bridgehead atoms. The van der Waals surface area contributed by atoms with Gasteiger partial charge in [-0.05, 0) is 44.8 Å². The van der Waals surface area contributed by atoms with Crippen molar-refractivity contribution in [3.8, 4) is 0 Å². The fraction of sp³-hybridized carbons (Fsp3) is 0.562. The molecule has 1 amide bonds. The summed E-state index contributed by atoms with van der Waals surface area (Å²) in [5.74, 6) is 0.355. The molecule has 22 heavy (non-hydrogen) atoms. The number of nitro groups is 1. The van der Waals surface area contributed by atoms with Crippen molar-refractivity contribution in [3.63, 3.8) is 0 Å². The summed E-state index contributed by atoms with van der Waals surface area (Å²) in [4.78, 5) is 25.1. The van der Waals surface area contributed by atoms with Gasteiger partial charge in [0.1, 0.15) is 5.56 Å². The molecule has 1 saturated heterocycles. The summed E-state index contributed by atoms with van der Waals surface area (Å²) in [5, 5.41) is 14.6.